The Morgan fingerprint density at radius 3 is 2.25 bits per heavy atom. The maximum atomic E-state index is 12.6. The fourth-order valence-corrected chi connectivity index (χ4v) is 0.735. The van der Waals surface area contributed by atoms with Gasteiger partial charge in [0.05, 0.1) is 17.2 Å². The Morgan fingerprint density at radius 1 is 1.08 bits per heavy atom. The van der Waals surface area contributed by atoms with Crippen molar-refractivity contribution in [3.05, 3.63) is 34.9 Å². The van der Waals surface area contributed by atoms with Gasteiger partial charge in [-0.2, -0.15) is 10.5 Å². The first-order chi connectivity index (χ1) is 5.69. The molecule has 0 heterocycles. The van der Waals surface area contributed by atoms with Crippen LogP contribution in [0.4, 0.5) is 8.78 Å². The van der Waals surface area contributed by atoms with Gasteiger partial charge < -0.3 is 0 Å². The van der Waals surface area contributed by atoms with Crippen molar-refractivity contribution < 1.29 is 8.78 Å². The highest BCUT2D eigenvalue weighted by Gasteiger charge is 2.09. The van der Waals surface area contributed by atoms with Crippen LogP contribution in [0.15, 0.2) is 12.1 Å². The van der Waals surface area contributed by atoms with E-state index in [1.165, 1.54) is 6.07 Å². The van der Waals surface area contributed by atoms with Gasteiger partial charge in [-0.15, -0.1) is 0 Å². The molecule has 0 aliphatic carbocycles. The molecule has 0 amide bonds. The van der Waals surface area contributed by atoms with Gasteiger partial charge in [-0.1, -0.05) is 0 Å². The highest BCUT2D eigenvalue weighted by atomic mass is 19.2. The Balaban J connectivity index is 3.44. The van der Waals surface area contributed by atoms with Gasteiger partial charge in [-0.05, 0) is 12.1 Å². The summed E-state index contributed by atoms with van der Waals surface area (Å²) >= 11 is 0. The molecule has 0 radical (unpaired) electrons. The molecule has 0 unspecified atom stereocenters. The maximum absolute atomic E-state index is 12.6. The molecule has 1 rings (SSSR count). The Kier molecular flexibility index (Phi) is 2.02. The second-order valence-electron chi connectivity index (χ2n) is 2.04. The lowest BCUT2D eigenvalue weighted by Crippen LogP contribution is -1.91. The van der Waals surface area contributed by atoms with Crippen LogP contribution in [0.5, 0.6) is 0 Å². The molecule has 4 heteroatoms. The van der Waals surface area contributed by atoms with Crippen LogP contribution in [0.1, 0.15) is 11.1 Å². The molecule has 0 saturated heterocycles. The smallest absolute Gasteiger partial charge is 0.176 e. The van der Waals surface area contributed by atoms with E-state index in [9.17, 15) is 8.78 Å². The van der Waals surface area contributed by atoms with Gasteiger partial charge in [0.25, 0.3) is 0 Å². The molecule has 58 valence electrons. The summed E-state index contributed by atoms with van der Waals surface area (Å²) in [5, 5.41) is 16.6. The largest absolute Gasteiger partial charge is 0.204 e. The van der Waals surface area contributed by atoms with E-state index in [2.05, 4.69) is 0 Å². The lowest BCUT2D eigenvalue weighted by molar-refractivity contribution is 0.506. The highest BCUT2D eigenvalue weighted by molar-refractivity contribution is 5.40. The van der Waals surface area contributed by atoms with Crippen molar-refractivity contribution in [1.82, 2.24) is 0 Å². The van der Waals surface area contributed by atoms with Crippen molar-refractivity contribution in [3.63, 3.8) is 0 Å². The van der Waals surface area contributed by atoms with Crippen LogP contribution in [0.3, 0.4) is 0 Å². The van der Waals surface area contributed by atoms with Crippen molar-refractivity contribution in [2.45, 2.75) is 0 Å². The normalized spacial score (nSPS) is 8.67. The van der Waals surface area contributed by atoms with Gasteiger partial charge in [0.2, 0.25) is 0 Å². The number of rotatable bonds is 0. The summed E-state index contributed by atoms with van der Waals surface area (Å²) in [6.45, 7) is 0. The van der Waals surface area contributed by atoms with Crippen molar-refractivity contribution in [2.75, 3.05) is 0 Å². The summed E-state index contributed by atoms with van der Waals surface area (Å²) in [5.74, 6) is -2.39. The molecule has 0 aliphatic rings. The fraction of sp³-hybridized carbons (Fsp3) is 0. The topological polar surface area (TPSA) is 47.6 Å². The summed E-state index contributed by atoms with van der Waals surface area (Å²) < 4.78 is 25.1. The molecule has 0 aromatic heterocycles. The molecule has 0 spiro atoms. The van der Waals surface area contributed by atoms with Crippen molar-refractivity contribution in [1.29, 1.82) is 10.5 Å². The van der Waals surface area contributed by atoms with E-state index < -0.39 is 17.2 Å². The number of nitriles is 2. The number of benzene rings is 1. The van der Waals surface area contributed by atoms with Crippen molar-refractivity contribution in [3.8, 4) is 12.1 Å². The number of hydrogen-bond donors (Lipinski definition) is 0. The van der Waals surface area contributed by atoms with Crippen LogP contribution in [-0.2, 0) is 0 Å². The van der Waals surface area contributed by atoms with Crippen LogP contribution in [0.2, 0.25) is 0 Å². The molecule has 1 aromatic carbocycles. The van der Waals surface area contributed by atoms with Crippen LogP contribution in [-0.4, -0.2) is 0 Å². The first-order valence-corrected chi connectivity index (χ1v) is 2.98. The quantitative estimate of drug-likeness (QED) is 0.585. The molecule has 0 atom stereocenters. The summed E-state index contributed by atoms with van der Waals surface area (Å²) in [6, 6.07) is 4.80. The minimum absolute atomic E-state index is 0.0644. The SMILES string of the molecule is N#Cc1cc(F)c(F)c(C#N)c1. The van der Waals surface area contributed by atoms with E-state index >= 15 is 0 Å². The molecule has 0 aliphatic heterocycles. The highest BCUT2D eigenvalue weighted by Crippen LogP contribution is 2.13. The number of hydrogen-bond acceptors (Lipinski definition) is 2. The molecule has 1 aromatic rings. The molecule has 0 bridgehead atoms. The van der Waals surface area contributed by atoms with Gasteiger partial charge >= 0.3 is 0 Å². The van der Waals surface area contributed by atoms with E-state index in [4.69, 9.17) is 10.5 Å². The van der Waals surface area contributed by atoms with Crippen LogP contribution >= 0.6 is 0 Å². The first kappa shape index (κ1) is 8.16. The summed E-state index contributed by atoms with van der Waals surface area (Å²) in [6.07, 6.45) is 0. The predicted octanol–water partition coefficient (Wildman–Crippen LogP) is 1.71. The van der Waals surface area contributed by atoms with Crippen molar-refractivity contribution >= 4 is 0 Å². The van der Waals surface area contributed by atoms with Crippen LogP contribution in [0, 0.1) is 34.3 Å². The molecule has 0 N–H and O–H groups in total. The number of nitrogens with zero attached hydrogens (tertiary/aromatic N) is 2. The van der Waals surface area contributed by atoms with Crippen LogP contribution in [0.25, 0.3) is 0 Å². The lowest BCUT2D eigenvalue weighted by atomic mass is 10.1. The monoisotopic (exact) mass is 164 g/mol. The Morgan fingerprint density at radius 2 is 1.75 bits per heavy atom. The molecule has 2 nitrogen and oxygen atoms in total. The third kappa shape index (κ3) is 1.23. The van der Waals surface area contributed by atoms with E-state index in [1.807, 2.05) is 0 Å². The molecule has 12 heavy (non-hydrogen) atoms. The van der Waals surface area contributed by atoms with E-state index in [0.29, 0.717) is 0 Å². The zero-order chi connectivity index (χ0) is 9.14. The molecular formula is C8H2F2N2. The first-order valence-electron chi connectivity index (χ1n) is 2.98. The summed E-state index contributed by atoms with van der Waals surface area (Å²) in [5.41, 5.74) is -0.517. The van der Waals surface area contributed by atoms with Gasteiger partial charge in [-0.3, -0.25) is 0 Å². The molecule has 0 fully saturated rings. The minimum atomic E-state index is -1.21. The van der Waals surface area contributed by atoms with E-state index in [0.717, 1.165) is 12.1 Å². The van der Waals surface area contributed by atoms with Gasteiger partial charge in [-0.25, -0.2) is 8.78 Å². The summed E-state index contributed by atoms with van der Waals surface area (Å²) in [7, 11) is 0. The Bertz CT molecular complexity index is 399. The second kappa shape index (κ2) is 2.98. The lowest BCUT2D eigenvalue weighted by Gasteiger charge is -1.94. The predicted molar refractivity (Wildman–Crippen MR) is 35.8 cm³/mol. The van der Waals surface area contributed by atoms with E-state index in [-0.39, 0.29) is 5.56 Å². The van der Waals surface area contributed by atoms with Crippen LogP contribution < -0.4 is 0 Å². The number of halogens is 2. The maximum Gasteiger partial charge on any atom is 0.176 e. The van der Waals surface area contributed by atoms with Gasteiger partial charge in [0.1, 0.15) is 6.07 Å². The van der Waals surface area contributed by atoms with E-state index in [1.54, 1.807) is 6.07 Å². The minimum Gasteiger partial charge on any atom is -0.204 e. The second-order valence-corrected chi connectivity index (χ2v) is 2.04. The van der Waals surface area contributed by atoms with Gasteiger partial charge in [0.15, 0.2) is 11.6 Å². The third-order valence-corrected chi connectivity index (χ3v) is 1.28. The fourth-order valence-electron chi connectivity index (χ4n) is 0.735. The Labute approximate surface area is 67.3 Å². The zero-order valence-corrected chi connectivity index (χ0v) is 5.81. The van der Waals surface area contributed by atoms with Gasteiger partial charge in [0, 0.05) is 0 Å². The standard InChI is InChI=1S/C8H2F2N2/c9-7-2-5(3-11)1-6(4-12)8(7)10/h1-2H. The average Bonchev–Trinajstić information content (AvgIpc) is 2.09. The third-order valence-electron chi connectivity index (χ3n) is 1.28. The van der Waals surface area contributed by atoms with Crippen molar-refractivity contribution in [2.24, 2.45) is 0 Å². The summed E-state index contributed by atoms with van der Waals surface area (Å²) in [4.78, 5) is 0. The molecule has 0 saturated carbocycles. The Hall–Kier alpha value is -1.94. The zero-order valence-electron chi connectivity index (χ0n) is 5.81. The molecular weight excluding hydrogens is 162 g/mol. The average molecular weight is 164 g/mol.